The summed E-state index contributed by atoms with van der Waals surface area (Å²) in [4.78, 5) is 0. The number of halogens is 1. The number of rotatable bonds is 6. The second-order valence-corrected chi connectivity index (χ2v) is 4.59. The Balaban J connectivity index is 3.28. The lowest BCUT2D eigenvalue weighted by Gasteiger charge is -2.14. The molecule has 0 saturated heterocycles. The predicted molar refractivity (Wildman–Crippen MR) is 58.2 cm³/mol. The minimum Gasteiger partial charge on any atom is -0.392 e. The fraction of sp³-hybridized carbons (Fsp3) is 1.00. The highest BCUT2D eigenvalue weighted by Crippen LogP contribution is 2.17. The molecule has 0 bridgehead atoms. The molecule has 0 fully saturated rings. The Morgan fingerprint density at radius 2 is 1.91 bits per heavy atom. The molecule has 0 rings (SSSR count). The van der Waals surface area contributed by atoms with Gasteiger partial charge in [0.1, 0.15) is 0 Å². The molecule has 0 aromatic carbocycles. The molecule has 0 saturated carbocycles. The second kappa shape index (κ2) is 7.35. The van der Waals surface area contributed by atoms with E-state index in [-0.39, 0.29) is 6.10 Å². The molecule has 2 unspecified atom stereocenters. The van der Waals surface area contributed by atoms with Crippen molar-refractivity contribution in [3.8, 4) is 0 Å². The van der Waals surface area contributed by atoms with Crippen LogP contribution >= 0.6 is 22.6 Å². The van der Waals surface area contributed by atoms with E-state index in [0.717, 1.165) is 6.42 Å². The van der Waals surface area contributed by atoms with Gasteiger partial charge < -0.3 is 5.11 Å². The maximum absolute atomic E-state index is 9.42. The van der Waals surface area contributed by atoms with Crippen molar-refractivity contribution < 1.29 is 5.11 Å². The molecule has 0 aromatic heterocycles. The minimum absolute atomic E-state index is 0.0903. The van der Waals surface area contributed by atoms with Crippen molar-refractivity contribution in [2.45, 2.75) is 56.0 Å². The number of hydrogen-bond acceptors (Lipinski definition) is 1. The quantitative estimate of drug-likeness (QED) is 0.446. The lowest BCUT2D eigenvalue weighted by Crippen LogP contribution is -2.18. The van der Waals surface area contributed by atoms with Crippen LogP contribution in [-0.4, -0.2) is 15.1 Å². The summed E-state index contributed by atoms with van der Waals surface area (Å²) in [7, 11) is 0. The summed E-state index contributed by atoms with van der Waals surface area (Å²) >= 11 is 2.36. The molecule has 1 nitrogen and oxygen atoms in total. The second-order valence-electron chi connectivity index (χ2n) is 2.99. The largest absolute Gasteiger partial charge is 0.392 e. The Morgan fingerprint density at radius 3 is 2.36 bits per heavy atom. The van der Waals surface area contributed by atoms with Gasteiger partial charge >= 0.3 is 0 Å². The zero-order chi connectivity index (χ0) is 8.69. The van der Waals surface area contributed by atoms with Crippen molar-refractivity contribution in [1.82, 2.24) is 0 Å². The Labute approximate surface area is 83.7 Å². The molecule has 0 amide bonds. The van der Waals surface area contributed by atoms with Crippen LogP contribution in [0, 0.1) is 0 Å². The molecule has 1 N–H and O–H groups in total. The smallest absolute Gasteiger partial charge is 0.0655 e. The summed E-state index contributed by atoms with van der Waals surface area (Å²) < 4.78 is 0.462. The summed E-state index contributed by atoms with van der Waals surface area (Å²) in [5, 5.41) is 9.42. The zero-order valence-corrected chi connectivity index (χ0v) is 9.67. The highest BCUT2D eigenvalue weighted by Gasteiger charge is 2.12. The van der Waals surface area contributed by atoms with Crippen molar-refractivity contribution in [2.75, 3.05) is 0 Å². The highest BCUT2D eigenvalue weighted by atomic mass is 127. The van der Waals surface area contributed by atoms with Gasteiger partial charge in [0.05, 0.1) is 6.10 Å². The van der Waals surface area contributed by atoms with Crippen LogP contribution in [0.4, 0.5) is 0 Å². The first-order valence-electron chi connectivity index (χ1n) is 4.54. The van der Waals surface area contributed by atoms with Gasteiger partial charge in [-0.1, -0.05) is 55.7 Å². The first kappa shape index (κ1) is 11.7. The summed E-state index contributed by atoms with van der Waals surface area (Å²) in [5.74, 6) is 0. The van der Waals surface area contributed by atoms with Gasteiger partial charge in [-0.25, -0.2) is 0 Å². The van der Waals surface area contributed by atoms with Crippen LogP contribution in [-0.2, 0) is 0 Å². The molecule has 68 valence electrons. The number of hydrogen-bond donors (Lipinski definition) is 1. The van der Waals surface area contributed by atoms with Crippen LogP contribution in [0.1, 0.15) is 46.0 Å². The van der Waals surface area contributed by atoms with E-state index in [0.29, 0.717) is 3.92 Å². The van der Waals surface area contributed by atoms with Crippen LogP contribution in [0.25, 0.3) is 0 Å². The molecule has 0 heterocycles. The molecule has 11 heavy (non-hydrogen) atoms. The van der Waals surface area contributed by atoms with Crippen molar-refractivity contribution in [2.24, 2.45) is 0 Å². The molecule has 0 aliphatic rings. The molecule has 0 radical (unpaired) electrons. The van der Waals surface area contributed by atoms with Crippen molar-refractivity contribution in [3.63, 3.8) is 0 Å². The molecule has 2 heteroatoms. The SMILES string of the molecule is CCCCCC(I)C(O)CC. The van der Waals surface area contributed by atoms with Gasteiger partial charge in [0, 0.05) is 3.92 Å². The van der Waals surface area contributed by atoms with Crippen LogP contribution in [0.3, 0.4) is 0 Å². The monoisotopic (exact) mass is 270 g/mol. The summed E-state index contributed by atoms with van der Waals surface area (Å²) in [6, 6.07) is 0. The Kier molecular flexibility index (Phi) is 7.81. The molecular formula is C9H19IO. The third kappa shape index (κ3) is 5.91. The normalized spacial score (nSPS) is 16.4. The van der Waals surface area contributed by atoms with Gasteiger partial charge in [0.25, 0.3) is 0 Å². The molecule has 2 atom stereocenters. The van der Waals surface area contributed by atoms with E-state index < -0.39 is 0 Å². The van der Waals surface area contributed by atoms with E-state index in [2.05, 4.69) is 29.5 Å². The summed E-state index contributed by atoms with van der Waals surface area (Å²) in [5.41, 5.74) is 0. The number of alkyl halides is 1. The Hall–Kier alpha value is 0.690. The molecule has 0 aromatic rings. The maximum Gasteiger partial charge on any atom is 0.0655 e. The first-order chi connectivity index (χ1) is 5.22. The zero-order valence-electron chi connectivity index (χ0n) is 7.52. The van der Waals surface area contributed by atoms with Gasteiger partial charge in [-0.2, -0.15) is 0 Å². The van der Waals surface area contributed by atoms with Gasteiger partial charge in [-0.05, 0) is 12.8 Å². The fourth-order valence-electron chi connectivity index (χ4n) is 1.04. The van der Waals surface area contributed by atoms with Crippen LogP contribution in [0.15, 0.2) is 0 Å². The van der Waals surface area contributed by atoms with E-state index in [1.165, 1.54) is 25.7 Å². The van der Waals surface area contributed by atoms with Crippen LogP contribution < -0.4 is 0 Å². The number of aliphatic hydroxyl groups excluding tert-OH is 1. The van der Waals surface area contributed by atoms with Gasteiger partial charge in [0.15, 0.2) is 0 Å². The van der Waals surface area contributed by atoms with E-state index in [1.54, 1.807) is 0 Å². The third-order valence-corrected chi connectivity index (χ3v) is 3.37. The van der Waals surface area contributed by atoms with E-state index in [1.807, 2.05) is 6.92 Å². The molecule has 0 aliphatic heterocycles. The van der Waals surface area contributed by atoms with Crippen molar-refractivity contribution in [1.29, 1.82) is 0 Å². The highest BCUT2D eigenvalue weighted by molar-refractivity contribution is 14.1. The minimum atomic E-state index is -0.0903. The van der Waals surface area contributed by atoms with Crippen molar-refractivity contribution in [3.05, 3.63) is 0 Å². The van der Waals surface area contributed by atoms with Crippen LogP contribution in [0.2, 0.25) is 0 Å². The molecular weight excluding hydrogens is 251 g/mol. The Bertz CT molecular complexity index is 85.6. The molecule has 0 aliphatic carbocycles. The summed E-state index contributed by atoms with van der Waals surface area (Å²) in [6.07, 6.45) is 5.80. The lowest BCUT2D eigenvalue weighted by atomic mass is 10.1. The fourth-order valence-corrected chi connectivity index (χ4v) is 1.99. The van der Waals surface area contributed by atoms with E-state index in [4.69, 9.17) is 0 Å². The van der Waals surface area contributed by atoms with Gasteiger partial charge in [-0.15, -0.1) is 0 Å². The lowest BCUT2D eigenvalue weighted by molar-refractivity contribution is 0.167. The standard InChI is InChI=1S/C9H19IO/c1-3-5-6-7-8(10)9(11)4-2/h8-9,11H,3-7H2,1-2H3. The predicted octanol–water partition coefficient (Wildman–Crippen LogP) is 3.14. The Morgan fingerprint density at radius 1 is 1.27 bits per heavy atom. The van der Waals surface area contributed by atoms with Gasteiger partial charge in [0.2, 0.25) is 0 Å². The first-order valence-corrected chi connectivity index (χ1v) is 5.79. The average Bonchev–Trinajstić information content (AvgIpc) is 2.03. The van der Waals surface area contributed by atoms with E-state index >= 15 is 0 Å². The summed E-state index contributed by atoms with van der Waals surface area (Å²) in [6.45, 7) is 4.24. The number of aliphatic hydroxyl groups is 1. The topological polar surface area (TPSA) is 20.2 Å². The van der Waals surface area contributed by atoms with Crippen LogP contribution in [0.5, 0.6) is 0 Å². The van der Waals surface area contributed by atoms with E-state index in [9.17, 15) is 5.11 Å². The molecule has 0 spiro atoms. The number of unbranched alkanes of at least 4 members (excludes halogenated alkanes) is 2. The van der Waals surface area contributed by atoms with Crippen molar-refractivity contribution >= 4 is 22.6 Å². The maximum atomic E-state index is 9.42. The van der Waals surface area contributed by atoms with Gasteiger partial charge in [-0.3, -0.25) is 0 Å². The third-order valence-electron chi connectivity index (χ3n) is 1.92. The average molecular weight is 270 g/mol.